The SMILES string of the molecule is O=C(NC(=O)c1ccc(Cl)cc1Cl)Nc1ccc(F)cc1. The highest BCUT2D eigenvalue weighted by atomic mass is 35.5. The van der Waals surface area contributed by atoms with Crippen molar-refractivity contribution >= 4 is 40.8 Å². The molecule has 0 atom stereocenters. The predicted octanol–water partition coefficient (Wildman–Crippen LogP) is 4.09. The molecule has 108 valence electrons. The number of hydrogen-bond acceptors (Lipinski definition) is 2. The maximum Gasteiger partial charge on any atom is 0.326 e. The summed E-state index contributed by atoms with van der Waals surface area (Å²) in [6, 6.07) is 8.66. The normalized spacial score (nSPS) is 10.0. The maximum absolute atomic E-state index is 12.7. The van der Waals surface area contributed by atoms with Gasteiger partial charge in [0.1, 0.15) is 5.82 Å². The van der Waals surface area contributed by atoms with Gasteiger partial charge in [0.2, 0.25) is 0 Å². The lowest BCUT2D eigenvalue weighted by atomic mass is 10.2. The first kappa shape index (κ1) is 15.3. The van der Waals surface area contributed by atoms with Crippen LogP contribution < -0.4 is 10.6 Å². The molecule has 4 nitrogen and oxygen atoms in total. The Labute approximate surface area is 129 Å². The number of nitrogens with one attached hydrogen (secondary N) is 2. The van der Waals surface area contributed by atoms with Gasteiger partial charge in [0.15, 0.2) is 0 Å². The van der Waals surface area contributed by atoms with Crippen molar-refractivity contribution in [1.29, 1.82) is 0 Å². The number of carbonyl (C=O) groups is 2. The van der Waals surface area contributed by atoms with E-state index in [0.29, 0.717) is 10.7 Å². The smallest absolute Gasteiger partial charge is 0.308 e. The molecule has 0 spiro atoms. The van der Waals surface area contributed by atoms with E-state index in [-0.39, 0.29) is 10.6 Å². The van der Waals surface area contributed by atoms with Crippen molar-refractivity contribution in [3.63, 3.8) is 0 Å². The number of carbonyl (C=O) groups excluding carboxylic acids is 2. The number of urea groups is 1. The minimum atomic E-state index is -0.752. The fourth-order valence-corrected chi connectivity index (χ4v) is 2.03. The molecule has 0 unspecified atom stereocenters. The van der Waals surface area contributed by atoms with Crippen LogP contribution in [0.2, 0.25) is 10.0 Å². The van der Waals surface area contributed by atoms with Crippen LogP contribution >= 0.6 is 23.2 Å². The van der Waals surface area contributed by atoms with Gasteiger partial charge in [-0.3, -0.25) is 10.1 Å². The zero-order valence-corrected chi connectivity index (χ0v) is 12.0. The van der Waals surface area contributed by atoms with Crippen molar-refractivity contribution in [3.05, 3.63) is 63.9 Å². The number of benzene rings is 2. The van der Waals surface area contributed by atoms with Crippen LogP contribution in [0.5, 0.6) is 0 Å². The largest absolute Gasteiger partial charge is 0.326 e. The molecule has 0 aliphatic heterocycles. The average molecular weight is 327 g/mol. The molecule has 0 radical (unpaired) electrons. The fourth-order valence-electron chi connectivity index (χ4n) is 1.54. The van der Waals surface area contributed by atoms with Gasteiger partial charge in [-0.05, 0) is 42.5 Å². The molecular weight excluding hydrogens is 318 g/mol. The number of imide groups is 1. The average Bonchev–Trinajstić information content (AvgIpc) is 2.41. The van der Waals surface area contributed by atoms with Gasteiger partial charge in [-0.25, -0.2) is 9.18 Å². The van der Waals surface area contributed by atoms with Gasteiger partial charge in [-0.15, -0.1) is 0 Å². The molecule has 2 rings (SSSR count). The van der Waals surface area contributed by atoms with Crippen LogP contribution in [0.25, 0.3) is 0 Å². The van der Waals surface area contributed by atoms with E-state index in [1.54, 1.807) is 0 Å². The Morgan fingerprint density at radius 3 is 2.29 bits per heavy atom. The Morgan fingerprint density at radius 2 is 1.67 bits per heavy atom. The van der Waals surface area contributed by atoms with E-state index >= 15 is 0 Å². The Bertz CT molecular complexity index is 690. The summed E-state index contributed by atoms with van der Waals surface area (Å²) in [6.07, 6.45) is 0. The monoisotopic (exact) mass is 326 g/mol. The molecular formula is C14H9Cl2FN2O2. The van der Waals surface area contributed by atoms with Gasteiger partial charge >= 0.3 is 6.03 Å². The van der Waals surface area contributed by atoms with Gasteiger partial charge in [-0.1, -0.05) is 23.2 Å². The van der Waals surface area contributed by atoms with Crippen LogP contribution in [-0.2, 0) is 0 Å². The number of halogens is 3. The van der Waals surface area contributed by atoms with E-state index in [9.17, 15) is 14.0 Å². The summed E-state index contributed by atoms with van der Waals surface area (Å²) in [6.45, 7) is 0. The highest BCUT2D eigenvalue weighted by molar-refractivity contribution is 6.37. The second-order valence-corrected chi connectivity index (χ2v) is 4.88. The van der Waals surface area contributed by atoms with Gasteiger partial charge < -0.3 is 5.32 Å². The van der Waals surface area contributed by atoms with Gasteiger partial charge in [-0.2, -0.15) is 0 Å². The molecule has 0 aromatic heterocycles. The quantitative estimate of drug-likeness (QED) is 0.873. The molecule has 0 fully saturated rings. The number of rotatable bonds is 2. The van der Waals surface area contributed by atoms with Gasteiger partial charge in [0.25, 0.3) is 5.91 Å². The van der Waals surface area contributed by atoms with Crippen molar-refractivity contribution in [3.8, 4) is 0 Å². The molecule has 0 saturated carbocycles. The summed E-state index contributed by atoms with van der Waals surface area (Å²) in [7, 11) is 0. The van der Waals surface area contributed by atoms with Crippen LogP contribution in [0.1, 0.15) is 10.4 Å². The molecule has 0 bridgehead atoms. The van der Waals surface area contributed by atoms with E-state index in [2.05, 4.69) is 10.6 Å². The Hall–Kier alpha value is -2.11. The van der Waals surface area contributed by atoms with Crippen LogP contribution in [0.4, 0.5) is 14.9 Å². The first-order valence-corrected chi connectivity index (χ1v) is 6.54. The third kappa shape index (κ3) is 4.18. The van der Waals surface area contributed by atoms with E-state index in [1.807, 2.05) is 0 Å². The summed E-state index contributed by atoms with van der Waals surface area (Å²) >= 11 is 11.6. The molecule has 3 amide bonds. The van der Waals surface area contributed by atoms with Crippen molar-refractivity contribution in [2.75, 3.05) is 5.32 Å². The highest BCUT2D eigenvalue weighted by Crippen LogP contribution is 2.20. The summed E-state index contributed by atoms with van der Waals surface area (Å²) < 4.78 is 12.7. The molecule has 0 aliphatic rings. The Balaban J connectivity index is 2.02. The molecule has 0 aliphatic carbocycles. The first-order valence-electron chi connectivity index (χ1n) is 5.78. The topological polar surface area (TPSA) is 58.2 Å². The fraction of sp³-hybridized carbons (Fsp3) is 0. The molecule has 21 heavy (non-hydrogen) atoms. The molecule has 2 N–H and O–H groups in total. The lowest BCUT2D eigenvalue weighted by Gasteiger charge is -2.08. The summed E-state index contributed by atoms with van der Waals surface area (Å²) in [5.41, 5.74) is 0.472. The van der Waals surface area contributed by atoms with Crippen molar-refractivity contribution in [2.24, 2.45) is 0 Å². The Morgan fingerprint density at radius 1 is 1.00 bits per heavy atom. The van der Waals surface area contributed by atoms with Crippen molar-refractivity contribution in [2.45, 2.75) is 0 Å². The number of amides is 3. The van der Waals surface area contributed by atoms with Crippen molar-refractivity contribution < 1.29 is 14.0 Å². The third-order valence-electron chi connectivity index (χ3n) is 2.50. The van der Waals surface area contributed by atoms with E-state index < -0.39 is 17.8 Å². The van der Waals surface area contributed by atoms with Gasteiger partial charge in [0, 0.05) is 10.7 Å². The van der Waals surface area contributed by atoms with E-state index in [4.69, 9.17) is 23.2 Å². The van der Waals surface area contributed by atoms with Crippen LogP contribution in [0.3, 0.4) is 0 Å². The number of hydrogen-bond donors (Lipinski definition) is 2. The molecule has 2 aromatic rings. The minimum absolute atomic E-state index is 0.121. The molecule has 0 saturated heterocycles. The Kier molecular flexibility index (Phi) is 4.77. The van der Waals surface area contributed by atoms with Crippen LogP contribution in [0, 0.1) is 5.82 Å². The predicted molar refractivity (Wildman–Crippen MR) is 79.3 cm³/mol. The highest BCUT2D eigenvalue weighted by Gasteiger charge is 2.14. The minimum Gasteiger partial charge on any atom is -0.308 e. The molecule has 2 aromatic carbocycles. The second-order valence-electron chi connectivity index (χ2n) is 4.04. The first-order chi connectivity index (χ1) is 9.95. The van der Waals surface area contributed by atoms with Crippen molar-refractivity contribution in [1.82, 2.24) is 5.32 Å². The zero-order valence-electron chi connectivity index (χ0n) is 10.5. The lowest BCUT2D eigenvalue weighted by Crippen LogP contribution is -2.34. The van der Waals surface area contributed by atoms with Gasteiger partial charge in [0.05, 0.1) is 10.6 Å². The van der Waals surface area contributed by atoms with Crippen LogP contribution in [-0.4, -0.2) is 11.9 Å². The van der Waals surface area contributed by atoms with E-state index in [0.717, 1.165) is 0 Å². The summed E-state index contributed by atoms with van der Waals surface area (Å²) in [5, 5.41) is 5.02. The van der Waals surface area contributed by atoms with E-state index in [1.165, 1.54) is 42.5 Å². The summed E-state index contributed by atoms with van der Waals surface area (Å²) in [4.78, 5) is 23.5. The standard InChI is InChI=1S/C14H9Cl2FN2O2/c15-8-1-6-11(12(16)7-8)13(20)19-14(21)18-10-4-2-9(17)3-5-10/h1-7H,(H2,18,19,20,21). The molecule has 7 heteroatoms. The number of anilines is 1. The van der Waals surface area contributed by atoms with Crippen LogP contribution in [0.15, 0.2) is 42.5 Å². The zero-order chi connectivity index (χ0) is 15.4. The maximum atomic E-state index is 12.7. The lowest BCUT2D eigenvalue weighted by molar-refractivity contribution is 0.0967. The third-order valence-corrected chi connectivity index (χ3v) is 3.05. The molecule has 0 heterocycles. The second kappa shape index (κ2) is 6.56. The summed E-state index contributed by atoms with van der Waals surface area (Å²) in [5.74, 6) is -1.10.